The van der Waals surface area contributed by atoms with Crippen LogP contribution in [-0.2, 0) is 12.7 Å². The highest BCUT2D eigenvalue weighted by Crippen LogP contribution is 2.39. The Bertz CT molecular complexity index is 814. The van der Waals surface area contributed by atoms with Crippen LogP contribution in [0.2, 0.25) is 0 Å². The maximum Gasteiger partial charge on any atom is 0.416 e. The lowest BCUT2D eigenvalue weighted by Crippen LogP contribution is -2.47. The van der Waals surface area contributed by atoms with Crippen LogP contribution in [0.3, 0.4) is 0 Å². The largest absolute Gasteiger partial charge is 0.437 e. The second kappa shape index (κ2) is 5.61. The molecule has 1 saturated heterocycles. The summed E-state index contributed by atoms with van der Waals surface area (Å²) in [6.07, 6.45) is -1.66. The van der Waals surface area contributed by atoms with Crippen LogP contribution >= 0.6 is 0 Å². The van der Waals surface area contributed by atoms with Gasteiger partial charge in [-0.05, 0) is 29.2 Å². The number of imidazole rings is 1. The second-order valence-corrected chi connectivity index (χ2v) is 6.58. The van der Waals surface area contributed by atoms with E-state index in [-0.39, 0.29) is 11.8 Å². The van der Waals surface area contributed by atoms with Gasteiger partial charge in [0.05, 0.1) is 12.1 Å². The van der Waals surface area contributed by atoms with Crippen molar-refractivity contribution in [2.24, 2.45) is 0 Å². The van der Waals surface area contributed by atoms with Crippen LogP contribution in [0, 0.1) is 10.1 Å². The zero-order chi connectivity index (χ0) is 18.5. The molecule has 1 aromatic heterocycles. The first-order valence-corrected chi connectivity index (χ1v) is 8.09. The van der Waals surface area contributed by atoms with Crippen molar-refractivity contribution in [1.82, 2.24) is 9.55 Å². The van der Waals surface area contributed by atoms with Crippen molar-refractivity contribution in [2.45, 2.75) is 31.2 Å². The number of nitro groups is 1. The normalized spacial score (nSPS) is 18.7. The Labute approximate surface area is 146 Å². The molecule has 4 rings (SSSR count). The fraction of sp³-hybridized carbons (Fsp3) is 0.438. The third kappa shape index (κ3) is 2.85. The maximum atomic E-state index is 12.7. The highest BCUT2D eigenvalue weighted by Gasteiger charge is 2.45. The predicted molar refractivity (Wildman–Crippen MR) is 85.1 cm³/mol. The molecule has 1 spiro atoms. The number of nitrogens with zero attached hydrogens (tertiary/aromatic N) is 4. The number of rotatable bonds is 2. The van der Waals surface area contributed by atoms with Crippen LogP contribution in [0.25, 0.3) is 0 Å². The lowest BCUT2D eigenvalue weighted by atomic mass is 9.91. The summed E-state index contributed by atoms with van der Waals surface area (Å²) in [5.74, 6) is -0.239. The monoisotopic (exact) mass is 368 g/mol. The fourth-order valence-corrected chi connectivity index (χ4v) is 3.50. The predicted octanol–water partition coefficient (Wildman–Crippen LogP) is 3.24. The van der Waals surface area contributed by atoms with Crippen molar-refractivity contribution in [2.75, 3.05) is 18.0 Å². The molecule has 138 valence electrons. The van der Waals surface area contributed by atoms with Gasteiger partial charge in [0.1, 0.15) is 11.8 Å². The number of fused-ring (bicyclic) bond motifs is 1. The van der Waals surface area contributed by atoms with Gasteiger partial charge < -0.3 is 19.8 Å². The molecule has 0 atom stereocenters. The van der Waals surface area contributed by atoms with E-state index in [0.29, 0.717) is 32.5 Å². The first-order chi connectivity index (χ1) is 12.3. The van der Waals surface area contributed by atoms with E-state index < -0.39 is 22.3 Å². The topological polar surface area (TPSA) is 73.4 Å². The standard InChI is InChI=1S/C16H15F3N4O3/c17-16(18,19)11-1-3-12(4-2-11)21-7-5-15(6-8-21)10-22-9-13(23(24)25)20-14(22)26-15/h1-4,9H,5-8,10H2. The van der Waals surface area contributed by atoms with Crippen molar-refractivity contribution < 1.29 is 22.8 Å². The van der Waals surface area contributed by atoms with Crippen LogP contribution in [-0.4, -0.2) is 33.2 Å². The van der Waals surface area contributed by atoms with Crippen molar-refractivity contribution in [3.63, 3.8) is 0 Å². The van der Waals surface area contributed by atoms with Crippen molar-refractivity contribution in [1.29, 1.82) is 0 Å². The van der Waals surface area contributed by atoms with E-state index in [1.54, 1.807) is 4.57 Å². The minimum atomic E-state index is -4.34. The summed E-state index contributed by atoms with van der Waals surface area (Å²) < 4.78 is 45.5. The molecule has 0 saturated carbocycles. The van der Waals surface area contributed by atoms with Gasteiger partial charge in [0.2, 0.25) is 0 Å². The third-order valence-corrected chi connectivity index (χ3v) is 4.92. The number of hydrogen-bond acceptors (Lipinski definition) is 5. The smallest absolute Gasteiger partial charge is 0.416 e. The Morgan fingerprint density at radius 1 is 1.19 bits per heavy atom. The van der Waals surface area contributed by atoms with E-state index in [1.807, 2.05) is 4.90 Å². The minimum absolute atomic E-state index is 0.239. The molecule has 0 N–H and O–H groups in total. The van der Waals surface area contributed by atoms with E-state index in [4.69, 9.17) is 4.74 Å². The number of aromatic nitrogens is 2. The number of benzene rings is 1. The lowest BCUT2D eigenvalue weighted by Gasteiger charge is -2.38. The van der Waals surface area contributed by atoms with Gasteiger partial charge in [-0.25, -0.2) is 0 Å². The molecule has 0 aliphatic carbocycles. The zero-order valence-electron chi connectivity index (χ0n) is 13.6. The Morgan fingerprint density at radius 3 is 2.38 bits per heavy atom. The van der Waals surface area contributed by atoms with Gasteiger partial charge in [0.15, 0.2) is 0 Å². The molecule has 3 heterocycles. The number of halogens is 3. The number of alkyl halides is 3. The quantitative estimate of drug-likeness (QED) is 0.601. The Kier molecular flexibility index (Phi) is 3.60. The van der Waals surface area contributed by atoms with E-state index in [0.717, 1.165) is 17.8 Å². The van der Waals surface area contributed by atoms with Gasteiger partial charge in [-0.2, -0.15) is 13.2 Å². The Morgan fingerprint density at radius 2 is 1.85 bits per heavy atom. The molecule has 1 fully saturated rings. The Hall–Kier alpha value is -2.78. The van der Waals surface area contributed by atoms with Gasteiger partial charge >= 0.3 is 18.0 Å². The molecule has 1 aromatic carbocycles. The van der Waals surface area contributed by atoms with Crippen molar-refractivity contribution in [3.05, 3.63) is 46.1 Å². The number of piperidine rings is 1. The van der Waals surface area contributed by atoms with Gasteiger partial charge in [-0.3, -0.25) is 4.57 Å². The molecule has 0 amide bonds. The molecule has 7 nitrogen and oxygen atoms in total. The van der Waals surface area contributed by atoms with E-state index in [1.165, 1.54) is 18.3 Å². The molecule has 2 aromatic rings. The van der Waals surface area contributed by atoms with Crippen molar-refractivity contribution in [3.8, 4) is 6.01 Å². The summed E-state index contributed by atoms with van der Waals surface area (Å²) in [6, 6.07) is 5.37. The van der Waals surface area contributed by atoms with Crippen LogP contribution in [0.15, 0.2) is 30.5 Å². The molecule has 2 aliphatic heterocycles. The summed E-state index contributed by atoms with van der Waals surface area (Å²) in [5, 5.41) is 10.8. The van der Waals surface area contributed by atoms with Crippen LogP contribution in [0.5, 0.6) is 6.01 Å². The Balaban J connectivity index is 1.41. The maximum absolute atomic E-state index is 12.7. The zero-order valence-corrected chi connectivity index (χ0v) is 13.6. The molecule has 0 bridgehead atoms. The van der Waals surface area contributed by atoms with E-state index in [9.17, 15) is 23.3 Å². The molecule has 2 aliphatic rings. The molecular weight excluding hydrogens is 353 g/mol. The van der Waals surface area contributed by atoms with Crippen LogP contribution in [0.1, 0.15) is 18.4 Å². The number of hydrogen-bond donors (Lipinski definition) is 0. The number of ether oxygens (including phenoxy) is 1. The fourth-order valence-electron chi connectivity index (χ4n) is 3.50. The van der Waals surface area contributed by atoms with Crippen molar-refractivity contribution >= 4 is 11.5 Å². The first kappa shape index (κ1) is 16.7. The lowest BCUT2D eigenvalue weighted by molar-refractivity contribution is -0.389. The van der Waals surface area contributed by atoms with Crippen LogP contribution < -0.4 is 9.64 Å². The molecule has 26 heavy (non-hydrogen) atoms. The average molecular weight is 368 g/mol. The molecular formula is C16H15F3N4O3. The second-order valence-electron chi connectivity index (χ2n) is 6.58. The average Bonchev–Trinajstić information content (AvgIpc) is 3.11. The summed E-state index contributed by atoms with van der Waals surface area (Å²) >= 11 is 0. The molecule has 10 heteroatoms. The van der Waals surface area contributed by atoms with Crippen LogP contribution in [0.4, 0.5) is 24.7 Å². The molecule has 0 radical (unpaired) electrons. The molecule has 0 unspecified atom stereocenters. The summed E-state index contributed by atoms with van der Waals surface area (Å²) in [5.41, 5.74) is -0.389. The number of anilines is 1. The SMILES string of the molecule is O=[N+]([O-])c1cn2c(n1)OC1(CCN(c3ccc(C(F)(F)F)cc3)CC1)C2. The van der Waals surface area contributed by atoms with Gasteiger partial charge in [0, 0.05) is 36.6 Å². The van der Waals surface area contributed by atoms with Gasteiger partial charge in [-0.1, -0.05) is 0 Å². The summed E-state index contributed by atoms with van der Waals surface area (Å²) in [4.78, 5) is 16.1. The van der Waals surface area contributed by atoms with E-state index >= 15 is 0 Å². The summed E-state index contributed by atoms with van der Waals surface area (Å²) in [7, 11) is 0. The van der Waals surface area contributed by atoms with E-state index in [2.05, 4.69) is 4.98 Å². The van der Waals surface area contributed by atoms with Gasteiger partial charge in [-0.15, -0.1) is 0 Å². The minimum Gasteiger partial charge on any atom is -0.437 e. The first-order valence-electron chi connectivity index (χ1n) is 8.09. The van der Waals surface area contributed by atoms with Gasteiger partial charge in [0.25, 0.3) is 0 Å². The highest BCUT2D eigenvalue weighted by atomic mass is 19.4. The summed E-state index contributed by atoms with van der Waals surface area (Å²) in [6.45, 7) is 1.74. The highest BCUT2D eigenvalue weighted by molar-refractivity contribution is 5.48. The third-order valence-electron chi connectivity index (χ3n) is 4.92.